The van der Waals surface area contributed by atoms with Gasteiger partial charge in [0.25, 0.3) is 0 Å². The van der Waals surface area contributed by atoms with Gasteiger partial charge in [0.1, 0.15) is 0 Å². The fourth-order valence-corrected chi connectivity index (χ4v) is 4.39. The van der Waals surface area contributed by atoms with Gasteiger partial charge in [0.15, 0.2) is 0 Å². The van der Waals surface area contributed by atoms with E-state index in [-0.39, 0.29) is 6.04 Å². The van der Waals surface area contributed by atoms with Crippen molar-refractivity contribution in [3.05, 3.63) is 48.0 Å². The lowest BCUT2D eigenvalue weighted by Crippen LogP contribution is -2.44. The van der Waals surface area contributed by atoms with Gasteiger partial charge in [-0.25, -0.2) is 0 Å². The minimum Gasteiger partial charge on any atom is -0.305 e. The summed E-state index contributed by atoms with van der Waals surface area (Å²) >= 11 is 0. The maximum Gasteiger partial charge on any atom is 0.0445 e. The molecular formula is C16H19NOS. The number of hydrogen-bond donors (Lipinski definition) is 1. The van der Waals surface area contributed by atoms with E-state index in [4.69, 9.17) is 0 Å². The SMILES string of the molecule is CCC1CS(=O)CC(c2cccc3ccccc23)N1. The third kappa shape index (κ3) is 2.58. The molecule has 1 saturated heterocycles. The summed E-state index contributed by atoms with van der Waals surface area (Å²) in [5.74, 6) is 1.52. The highest BCUT2D eigenvalue weighted by molar-refractivity contribution is 7.85. The Labute approximate surface area is 116 Å². The fraction of sp³-hybridized carbons (Fsp3) is 0.375. The molecule has 3 rings (SSSR count). The first-order valence-electron chi connectivity index (χ1n) is 6.86. The quantitative estimate of drug-likeness (QED) is 0.911. The van der Waals surface area contributed by atoms with E-state index in [2.05, 4.69) is 54.7 Å². The number of rotatable bonds is 2. The van der Waals surface area contributed by atoms with E-state index in [9.17, 15) is 4.21 Å². The maximum atomic E-state index is 12.0. The zero-order valence-corrected chi connectivity index (χ0v) is 12.0. The average Bonchev–Trinajstić information content (AvgIpc) is 2.46. The molecule has 0 saturated carbocycles. The largest absolute Gasteiger partial charge is 0.305 e. The molecule has 1 heterocycles. The highest BCUT2D eigenvalue weighted by atomic mass is 32.2. The minimum atomic E-state index is -0.706. The summed E-state index contributed by atoms with van der Waals surface area (Å²) in [6.45, 7) is 2.15. The number of benzene rings is 2. The number of hydrogen-bond acceptors (Lipinski definition) is 2. The molecule has 100 valence electrons. The lowest BCUT2D eigenvalue weighted by molar-refractivity contribution is 0.458. The minimum absolute atomic E-state index is 0.214. The predicted molar refractivity (Wildman–Crippen MR) is 81.8 cm³/mol. The van der Waals surface area contributed by atoms with E-state index in [1.807, 2.05) is 0 Å². The van der Waals surface area contributed by atoms with Gasteiger partial charge in [-0.15, -0.1) is 0 Å². The third-order valence-corrected chi connectivity index (χ3v) is 5.35. The highest BCUT2D eigenvalue weighted by Gasteiger charge is 2.26. The Morgan fingerprint density at radius 3 is 2.79 bits per heavy atom. The molecule has 1 fully saturated rings. The van der Waals surface area contributed by atoms with E-state index >= 15 is 0 Å². The van der Waals surface area contributed by atoms with Gasteiger partial charge in [0.05, 0.1) is 0 Å². The normalized spacial score (nSPS) is 27.5. The van der Waals surface area contributed by atoms with Gasteiger partial charge in [-0.2, -0.15) is 0 Å². The van der Waals surface area contributed by atoms with Crippen molar-refractivity contribution in [2.75, 3.05) is 11.5 Å². The van der Waals surface area contributed by atoms with Crippen LogP contribution in [0.15, 0.2) is 42.5 Å². The van der Waals surface area contributed by atoms with Crippen LogP contribution in [0.1, 0.15) is 24.9 Å². The lowest BCUT2D eigenvalue weighted by atomic mass is 9.99. The van der Waals surface area contributed by atoms with Crippen molar-refractivity contribution in [1.29, 1.82) is 0 Å². The van der Waals surface area contributed by atoms with Crippen LogP contribution in [0.3, 0.4) is 0 Å². The lowest BCUT2D eigenvalue weighted by Gasteiger charge is -2.31. The zero-order chi connectivity index (χ0) is 13.2. The highest BCUT2D eigenvalue weighted by Crippen LogP contribution is 2.27. The average molecular weight is 273 g/mol. The van der Waals surface area contributed by atoms with E-state index in [0.717, 1.165) is 17.9 Å². The summed E-state index contributed by atoms with van der Waals surface area (Å²) in [5.41, 5.74) is 1.28. The summed E-state index contributed by atoms with van der Waals surface area (Å²) in [6.07, 6.45) is 1.03. The molecule has 3 heteroatoms. The van der Waals surface area contributed by atoms with E-state index in [1.165, 1.54) is 16.3 Å². The van der Waals surface area contributed by atoms with E-state index in [1.54, 1.807) is 0 Å². The zero-order valence-electron chi connectivity index (χ0n) is 11.1. The Balaban J connectivity index is 2.01. The summed E-state index contributed by atoms with van der Waals surface area (Å²) in [4.78, 5) is 0. The van der Waals surface area contributed by atoms with Gasteiger partial charge >= 0.3 is 0 Å². The van der Waals surface area contributed by atoms with Crippen LogP contribution >= 0.6 is 0 Å². The van der Waals surface area contributed by atoms with Crippen LogP contribution in [0.2, 0.25) is 0 Å². The molecule has 0 aliphatic carbocycles. The van der Waals surface area contributed by atoms with E-state index < -0.39 is 10.8 Å². The summed E-state index contributed by atoms with van der Waals surface area (Å²) < 4.78 is 12.0. The molecule has 0 amide bonds. The van der Waals surface area contributed by atoms with Crippen LogP contribution in [0, 0.1) is 0 Å². The first-order chi connectivity index (χ1) is 9.28. The second-order valence-corrected chi connectivity index (χ2v) is 6.71. The van der Waals surface area contributed by atoms with Gasteiger partial charge < -0.3 is 5.32 Å². The number of nitrogens with one attached hydrogen (secondary N) is 1. The van der Waals surface area contributed by atoms with Crippen LogP contribution in [0.4, 0.5) is 0 Å². The molecule has 3 unspecified atom stereocenters. The Morgan fingerprint density at radius 2 is 1.95 bits per heavy atom. The Bertz CT molecular complexity index is 605. The monoisotopic (exact) mass is 273 g/mol. The van der Waals surface area contributed by atoms with Gasteiger partial charge in [0, 0.05) is 34.4 Å². The van der Waals surface area contributed by atoms with Gasteiger partial charge in [0.2, 0.25) is 0 Å². The van der Waals surface area contributed by atoms with Crippen molar-refractivity contribution in [2.45, 2.75) is 25.4 Å². The van der Waals surface area contributed by atoms with Crippen molar-refractivity contribution < 1.29 is 4.21 Å². The molecule has 0 aromatic heterocycles. The Morgan fingerprint density at radius 1 is 1.16 bits per heavy atom. The molecule has 0 spiro atoms. The summed E-state index contributed by atoms with van der Waals surface area (Å²) in [6, 6.07) is 15.4. The topological polar surface area (TPSA) is 29.1 Å². The molecule has 2 nitrogen and oxygen atoms in total. The summed E-state index contributed by atoms with van der Waals surface area (Å²) in [5, 5.41) is 6.18. The van der Waals surface area contributed by atoms with Crippen molar-refractivity contribution in [1.82, 2.24) is 5.32 Å². The van der Waals surface area contributed by atoms with Crippen LogP contribution in [0.25, 0.3) is 10.8 Å². The van der Waals surface area contributed by atoms with Crippen molar-refractivity contribution in [3.63, 3.8) is 0 Å². The molecule has 1 N–H and O–H groups in total. The van der Waals surface area contributed by atoms with Gasteiger partial charge in [-0.1, -0.05) is 49.4 Å². The Kier molecular flexibility index (Phi) is 3.67. The summed E-state index contributed by atoms with van der Waals surface area (Å²) in [7, 11) is -0.706. The molecule has 2 aromatic rings. The van der Waals surface area contributed by atoms with Crippen LogP contribution in [-0.4, -0.2) is 21.8 Å². The standard InChI is InChI=1S/C16H19NOS/c1-2-13-10-19(18)11-16(17-13)15-9-5-7-12-6-3-4-8-14(12)15/h3-9,13,16-17H,2,10-11H2,1H3. The molecular weight excluding hydrogens is 254 g/mol. The molecule has 1 aliphatic heterocycles. The molecule has 3 atom stereocenters. The first kappa shape index (κ1) is 12.8. The van der Waals surface area contributed by atoms with Gasteiger partial charge in [-0.3, -0.25) is 4.21 Å². The second kappa shape index (κ2) is 5.43. The molecule has 2 aromatic carbocycles. The maximum absolute atomic E-state index is 12.0. The van der Waals surface area contributed by atoms with Crippen molar-refractivity contribution >= 4 is 21.6 Å². The smallest absolute Gasteiger partial charge is 0.0445 e. The van der Waals surface area contributed by atoms with Crippen LogP contribution < -0.4 is 5.32 Å². The first-order valence-corrected chi connectivity index (χ1v) is 8.35. The van der Waals surface area contributed by atoms with Crippen LogP contribution in [-0.2, 0) is 10.8 Å². The van der Waals surface area contributed by atoms with Crippen molar-refractivity contribution in [2.24, 2.45) is 0 Å². The Hall–Kier alpha value is -1.19. The predicted octanol–water partition coefficient (Wildman–Crippen LogP) is 3.01. The number of fused-ring (bicyclic) bond motifs is 1. The van der Waals surface area contributed by atoms with Gasteiger partial charge in [-0.05, 0) is 22.8 Å². The third-order valence-electron chi connectivity index (χ3n) is 3.87. The fourth-order valence-electron chi connectivity index (χ4n) is 2.83. The molecule has 0 radical (unpaired) electrons. The second-order valence-electron chi connectivity index (χ2n) is 5.17. The van der Waals surface area contributed by atoms with E-state index in [0.29, 0.717) is 6.04 Å². The molecule has 1 aliphatic rings. The molecule has 0 bridgehead atoms. The molecule has 19 heavy (non-hydrogen) atoms. The van der Waals surface area contributed by atoms with Crippen LogP contribution in [0.5, 0.6) is 0 Å². The van der Waals surface area contributed by atoms with Crippen molar-refractivity contribution in [3.8, 4) is 0 Å².